The van der Waals surface area contributed by atoms with E-state index in [1.54, 1.807) is 10.9 Å². The molecule has 0 aromatic carbocycles. The van der Waals surface area contributed by atoms with Gasteiger partial charge in [-0.25, -0.2) is 9.78 Å². The number of H-pyrrole nitrogens is 1. The van der Waals surface area contributed by atoms with Gasteiger partial charge in [-0.15, -0.1) is 0 Å². The van der Waals surface area contributed by atoms with E-state index >= 15 is 0 Å². The third-order valence-electron chi connectivity index (χ3n) is 2.67. The van der Waals surface area contributed by atoms with E-state index < -0.39 is 0 Å². The second kappa shape index (κ2) is 4.57. The van der Waals surface area contributed by atoms with Gasteiger partial charge >= 0.3 is 5.69 Å². The Kier molecular flexibility index (Phi) is 3.12. The summed E-state index contributed by atoms with van der Waals surface area (Å²) in [5.41, 5.74) is 0.198. The van der Waals surface area contributed by atoms with Crippen LogP contribution in [0.4, 0.5) is 0 Å². The van der Waals surface area contributed by atoms with Crippen LogP contribution in [0.5, 0.6) is 0 Å². The first-order valence-corrected chi connectivity index (χ1v) is 5.87. The van der Waals surface area contributed by atoms with Crippen LogP contribution in [0, 0.1) is 0 Å². The minimum Gasteiger partial charge on any atom is -0.317 e. The monoisotopic (exact) mass is 236 g/mol. The van der Waals surface area contributed by atoms with Crippen LogP contribution in [0.25, 0.3) is 11.2 Å². The minimum absolute atomic E-state index is 0.305. The third kappa shape index (κ3) is 1.90. The Morgan fingerprint density at radius 3 is 2.59 bits per heavy atom. The molecule has 0 saturated carbocycles. The van der Waals surface area contributed by atoms with Crippen LogP contribution in [0.1, 0.15) is 26.7 Å². The number of hydrogen-bond donors (Lipinski definition) is 1. The Hall–Kier alpha value is -1.85. The van der Waals surface area contributed by atoms with Crippen molar-refractivity contribution in [2.75, 3.05) is 0 Å². The second-order valence-corrected chi connectivity index (χ2v) is 4.02. The van der Waals surface area contributed by atoms with Crippen LogP contribution in [-0.2, 0) is 13.1 Å². The summed E-state index contributed by atoms with van der Waals surface area (Å²) in [5.74, 6) is 0. The molecule has 0 bridgehead atoms. The molecule has 2 aromatic rings. The van der Waals surface area contributed by atoms with Gasteiger partial charge in [0.15, 0.2) is 5.52 Å². The summed E-state index contributed by atoms with van der Waals surface area (Å²) in [7, 11) is 0. The largest absolute Gasteiger partial charge is 0.330 e. The SMILES string of the molecule is CCCn1c(=O)[nH]c2c(ncn2CCC)c1=O. The fraction of sp³-hybridized carbons (Fsp3) is 0.545. The maximum absolute atomic E-state index is 12.0. The van der Waals surface area contributed by atoms with Gasteiger partial charge in [0.2, 0.25) is 0 Å². The van der Waals surface area contributed by atoms with Crippen molar-refractivity contribution in [1.29, 1.82) is 0 Å². The van der Waals surface area contributed by atoms with Crippen LogP contribution in [0.3, 0.4) is 0 Å². The molecule has 6 nitrogen and oxygen atoms in total. The van der Waals surface area contributed by atoms with Gasteiger partial charge in [0, 0.05) is 13.1 Å². The molecule has 0 atom stereocenters. The molecule has 0 aliphatic heterocycles. The van der Waals surface area contributed by atoms with E-state index in [-0.39, 0.29) is 11.2 Å². The summed E-state index contributed by atoms with van der Waals surface area (Å²) in [6.45, 7) is 5.11. The molecule has 0 radical (unpaired) electrons. The third-order valence-corrected chi connectivity index (χ3v) is 2.67. The van der Waals surface area contributed by atoms with Crippen molar-refractivity contribution < 1.29 is 0 Å². The van der Waals surface area contributed by atoms with Crippen LogP contribution in [-0.4, -0.2) is 19.1 Å². The predicted octanol–water partition coefficient (Wildman–Crippen LogP) is 0.706. The van der Waals surface area contributed by atoms with E-state index in [2.05, 4.69) is 9.97 Å². The highest BCUT2D eigenvalue weighted by molar-refractivity contribution is 5.68. The van der Waals surface area contributed by atoms with E-state index in [4.69, 9.17) is 0 Å². The van der Waals surface area contributed by atoms with Gasteiger partial charge in [-0.05, 0) is 12.8 Å². The van der Waals surface area contributed by atoms with Crippen molar-refractivity contribution in [3.05, 3.63) is 27.2 Å². The van der Waals surface area contributed by atoms with Crippen LogP contribution >= 0.6 is 0 Å². The Morgan fingerprint density at radius 2 is 1.94 bits per heavy atom. The molecule has 17 heavy (non-hydrogen) atoms. The van der Waals surface area contributed by atoms with Crippen molar-refractivity contribution in [2.45, 2.75) is 39.8 Å². The van der Waals surface area contributed by atoms with Gasteiger partial charge in [-0.2, -0.15) is 0 Å². The quantitative estimate of drug-likeness (QED) is 0.849. The zero-order valence-corrected chi connectivity index (χ0v) is 10.1. The fourth-order valence-electron chi connectivity index (χ4n) is 1.90. The summed E-state index contributed by atoms with van der Waals surface area (Å²) in [4.78, 5) is 30.6. The molecule has 2 heterocycles. The molecule has 0 aliphatic carbocycles. The second-order valence-electron chi connectivity index (χ2n) is 4.02. The maximum atomic E-state index is 12.0. The average molecular weight is 236 g/mol. The molecule has 92 valence electrons. The molecule has 0 spiro atoms. The number of nitrogens with zero attached hydrogens (tertiary/aromatic N) is 3. The lowest BCUT2D eigenvalue weighted by atomic mass is 10.4. The number of aromatic amines is 1. The summed E-state index contributed by atoms with van der Waals surface area (Å²) in [6, 6.07) is 0. The molecular formula is C11H16N4O2. The van der Waals surface area contributed by atoms with Gasteiger partial charge < -0.3 is 4.57 Å². The molecule has 0 saturated heterocycles. The first-order valence-electron chi connectivity index (χ1n) is 5.87. The molecule has 0 unspecified atom stereocenters. The first kappa shape index (κ1) is 11.6. The number of aryl methyl sites for hydroxylation is 1. The van der Waals surface area contributed by atoms with Gasteiger partial charge in [0.1, 0.15) is 5.65 Å². The van der Waals surface area contributed by atoms with Gasteiger partial charge in [0.25, 0.3) is 5.56 Å². The summed E-state index contributed by atoms with van der Waals surface area (Å²) >= 11 is 0. The lowest BCUT2D eigenvalue weighted by molar-refractivity contribution is 0.618. The summed E-state index contributed by atoms with van der Waals surface area (Å²) in [6.07, 6.45) is 3.26. The van der Waals surface area contributed by atoms with Crippen molar-refractivity contribution in [2.24, 2.45) is 0 Å². The van der Waals surface area contributed by atoms with E-state index in [0.717, 1.165) is 19.4 Å². The number of nitrogens with one attached hydrogen (secondary N) is 1. The van der Waals surface area contributed by atoms with Gasteiger partial charge in [-0.1, -0.05) is 13.8 Å². The van der Waals surface area contributed by atoms with Crippen molar-refractivity contribution >= 4 is 11.2 Å². The van der Waals surface area contributed by atoms with Gasteiger partial charge in [-0.3, -0.25) is 14.3 Å². The highest BCUT2D eigenvalue weighted by Crippen LogP contribution is 2.04. The Morgan fingerprint density at radius 1 is 1.24 bits per heavy atom. The van der Waals surface area contributed by atoms with Crippen molar-refractivity contribution in [3.8, 4) is 0 Å². The normalized spacial score (nSPS) is 11.2. The Balaban J connectivity index is 2.70. The Bertz CT molecular complexity index is 635. The summed E-state index contributed by atoms with van der Waals surface area (Å²) < 4.78 is 3.00. The number of aromatic nitrogens is 4. The first-order chi connectivity index (χ1) is 8.19. The molecule has 0 aliphatic rings. The average Bonchev–Trinajstić information content (AvgIpc) is 2.68. The summed E-state index contributed by atoms with van der Waals surface area (Å²) in [5, 5.41) is 0. The highest BCUT2D eigenvalue weighted by Gasteiger charge is 2.11. The van der Waals surface area contributed by atoms with Crippen molar-refractivity contribution in [1.82, 2.24) is 19.1 Å². The molecule has 6 heteroatoms. The zero-order chi connectivity index (χ0) is 12.4. The number of rotatable bonds is 4. The standard InChI is InChI=1S/C11H16N4O2/c1-3-5-14-7-12-8-9(14)13-11(17)15(6-4-2)10(8)16/h7H,3-6H2,1-2H3,(H,13,17). The van der Waals surface area contributed by atoms with E-state index in [9.17, 15) is 9.59 Å². The van der Waals surface area contributed by atoms with E-state index in [1.165, 1.54) is 4.57 Å². The predicted molar refractivity (Wildman–Crippen MR) is 65.2 cm³/mol. The lowest BCUT2D eigenvalue weighted by Gasteiger charge is -2.03. The number of hydrogen-bond acceptors (Lipinski definition) is 3. The Labute approximate surface area is 97.9 Å². The topological polar surface area (TPSA) is 72.7 Å². The smallest absolute Gasteiger partial charge is 0.317 e. The molecule has 1 N–H and O–H groups in total. The van der Waals surface area contributed by atoms with Crippen LogP contribution in [0.2, 0.25) is 0 Å². The molecule has 0 fully saturated rings. The van der Waals surface area contributed by atoms with Crippen molar-refractivity contribution in [3.63, 3.8) is 0 Å². The lowest BCUT2D eigenvalue weighted by Crippen LogP contribution is -2.35. The molecular weight excluding hydrogens is 220 g/mol. The van der Waals surface area contributed by atoms with Crippen LogP contribution in [0.15, 0.2) is 15.9 Å². The fourth-order valence-corrected chi connectivity index (χ4v) is 1.90. The van der Waals surface area contributed by atoms with E-state index in [0.29, 0.717) is 17.7 Å². The van der Waals surface area contributed by atoms with Crippen LogP contribution < -0.4 is 11.2 Å². The molecule has 2 aromatic heterocycles. The zero-order valence-electron chi connectivity index (χ0n) is 10.1. The molecule has 2 rings (SSSR count). The maximum Gasteiger partial charge on any atom is 0.330 e. The minimum atomic E-state index is -0.359. The van der Waals surface area contributed by atoms with Gasteiger partial charge in [0.05, 0.1) is 6.33 Å². The van der Waals surface area contributed by atoms with E-state index in [1.807, 2.05) is 13.8 Å². The number of fused-ring (bicyclic) bond motifs is 1. The molecule has 0 amide bonds. The highest BCUT2D eigenvalue weighted by atomic mass is 16.2. The number of imidazole rings is 1.